The van der Waals surface area contributed by atoms with Crippen LogP contribution in [0.5, 0.6) is 5.88 Å². The van der Waals surface area contributed by atoms with Crippen molar-refractivity contribution >= 4 is 15.9 Å². The van der Waals surface area contributed by atoms with Crippen molar-refractivity contribution in [3.8, 4) is 17.7 Å². The summed E-state index contributed by atoms with van der Waals surface area (Å²) in [5.74, 6) is 5.71. The van der Waals surface area contributed by atoms with Crippen LogP contribution in [0.4, 0.5) is 0 Å². The zero-order valence-electron chi connectivity index (χ0n) is 18.3. The summed E-state index contributed by atoms with van der Waals surface area (Å²) in [6.07, 6.45) is 3.85. The number of hydrogen-bond acceptors (Lipinski definition) is 6. The second-order valence-electron chi connectivity index (χ2n) is 7.79. The number of hydrogen-bond donors (Lipinski definition) is 1. The largest absolute Gasteiger partial charge is 0.472 e. The first-order chi connectivity index (χ1) is 14.1. The number of amides is 1. The van der Waals surface area contributed by atoms with Crippen LogP contribution in [0.2, 0.25) is 0 Å². The molecule has 30 heavy (non-hydrogen) atoms. The van der Waals surface area contributed by atoms with Crippen LogP contribution in [0, 0.1) is 17.8 Å². The number of carbonyl (C=O) groups excluding carboxylic acids is 1. The zero-order valence-corrected chi connectivity index (χ0v) is 19.1. The summed E-state index contributed by atoms with van der Waals surface area (Å²) < 4.78 is 31.1. The third kappa shape index (κ3) is 5.94. The van der Waals surface area contributed by atoms with Gasteiger partial charge in [0.2, 0.25) is 15.9 Å². The zero-order chi connectivity index (χ0) is 22.5. The lowest BCUT2D eigenvalue weighted by atomic mass is 10.0. The Balaban J connectivity index is 2.49. The van der Waals surface area contributed by atoms with E-state index in [2.05, 4.69) is 16.8 Å². The number of likely N-dealkylation sites (N-methyl/N-ethyl adjacent to an activating group) is 1. The van der Waals surface area contributed by atoms with Crippen LogP contribution in [0.25, 0.3) is 0 Å². The fourth-order valence-corrected chi connectivity index (χ4v) is 3.48. The Hall–Kier alpha value is -2.15. The molecule has 1 aromatic rings. The van der Waals surface area contributed by atoms with Crippen LogP contribution in [-0.4, -0.2) is 78.8 Å². The van der Waals surface area contributed by atoms with Gasteiger partial charge < -0.3 is 14.7 Å². The SMILES string of the molecule is CCCC#Cc1cnc2c(c1)C(=O)N([C@@H](C)CO)C[C@H](C)[C@@H](CN(C)S(C)(=O)=O)O2. The Kier molecular flexibility index (Phi) is 8.24. The number of rotatable bonds is 6. The van der Waals surface area contributed by atoms with Crippen molar-refractivity contribution in [2.75, 3.05) is 33.0 Å². The van der Waals surface area contributed by atoms with E-state index in [0.717, 1.165) is 19.1 Å². The minimum Gasteiger partial charge on any atom is -0.472 e. The molecular weight excluding hydrogens is 406 g/mol. The van der Waals surface area contributed by atoms with Crippen molar-refractivity contribution in [3.05, 3.63) is 23.4 Å². The highest BCUT2D eigenvalue weighted by molar-refractivity contribution is 7.88. The van der Waals surface area contributed by atoms with E-state index >= 15 is 0 Å². The second kappa shape index (κ2) is 10.2. The molecule has 1 aliphatic heterocycles. The first kappa shape index (κ1) is 24.1. The third-order valence-electron chi connectivity index (χ3n) is 5.13. The topological polar surface area (TPSA) is 100 Å². The maximum absolute atomic E-state index is 13.2. The van der Waals surface area contributed by atoms with Gasteiger partial charge in [-0.15, -0.1) is 0 Å². The molecule has 0 fully saturated rings. The molecule has 0 saturated heterocycles. The molecule has 1 aromatic heterocycles. The van der Waals surface area contributed by atoms with Gasteiger partial charge in [-0.3, -0.25) is 4.79 Å². The molecule has 1 aliphatic rings. The Morgan fingerprint density at radius 3 is 2.77 bits per heavy atom. The Labute approximate surface area is 179 Å². The molecule has 0 aromatic carbocycles. The molecule has 0 radical (unpaired) electrons. The maximum atomic E-state index is 13.2. The number of aliphatic hydroxyl groups is 1. The minimum atomic E-state index is -3.39. The Morgan fingerprint density at radius 1 is 1.47 bits per heavy atom. The molecule has 9 heteroatoms. The highest BCUT2D eigenvalue weighted by Crippen LogP contribution is 2.27. The van der Waals surface area contributed by atoms with E-state index in [4.69, 9.17) is 4.74 Å². The lowest BCUT2D eigenvalue weighted by Crippen LogP contribution is -2.50. The van der Waals surface area contributed by atoms with Gasteiger partial charge in [0.05, 0.1) is 25.4 Å². The standard InChI is InChI=1S/C21H31N3O5S/c1-6-7-8-9-17-10-18-20(22-11-17)29-19(13-23(4)30(5,27)28)15(2)12-24(21(18)26)16(3)14-25/h10-11,15-16,19,25H,6-7,12-14H2,1-5H3/t15-,16-,19+/m0/s1. The molecule has 2 heterocycles. The number of aliphatic hydroxyl groups excluding tert-OH is 1. The average molecular weight is 438 g/mol. The number of fused-ring (bicyclic) bond motifs is 1. The molecule has 1 N–H and O–H groups in total. The summed E-state index contributed by atoms with van der Waals surface area (Å²) in [6.45, 7) is 5.94. The van der Waals surface area contributed by atoms with Gasteiger partial charge in [-0.1, -0.05) is 25.7 Å². The summed E-state index contributed by atoms with van der Waals surface area (Å²) in [4.78, 5) is 19.2. The van der Waals surface area contributed by atoms with Crippen LogP contribution in [0.3, 0.4) is 0 Å². The average Bonchev–Trinajstić information content (AvgIpc) is 2.69. The number of pyridine rings is 1. The first-order valence-electron chi connectivity index (χ1n) is 10.1. The first-order valence-corrected chi connectivity index (χ1v) is 11.9. The van der Waals surface area contributed by atoms with Gasteiger partial charge >= 0.3 is 0 Å². The van der Waals surface area contributed by atoms with Crippen molar-refractivity contribution < 1.29 is 23.1 Å². The van der Waals surface area contributed by atoms with E-state index in [1.165, 1.54) is 11.4 Å². The summed E-state index contributed by atoms with van der Waals surface area (Å²) in [6, 6.07) is 1.24. The molecule has 0 unspecified atom stereocenters. The van der Waals surface area contributed by atoms with Crippen LogP contribution >= 0.6 is 0 Å². The molecule has 2 rings (SSSR count). The van der Waals surface area contributed by atoms with Crippen molar-refractivity contribution in [3.63, 3.8) is 0 Å². The molecule has 0 aliphatic carbocycles. The highest BCUT2D eigenvalue weighted by Gasteiger charge is 2.35. The summed E-state index contributed by atoms with van der Waals surface area (Å²) in [5, 5.41) is 9.67. The third-order valence-corrected chi connectivity index (χ3v) is 6.41. The van der Waals surface area contributed by atoms with E-state index in [1.54, 1.807) is 24.1 Å². The normalized spacial score (nSPS) is 20.5. The lowest BCUT2D eigenvalue weighted by Gasteiger charge is -2.37. The number of sulfonamides is 1. The molecule has 0 spiro atoms. The van der Waals surface area contributed by atoms with Crippen LogP contribution in [0.15, 0.2) is 12.3 Å². The van der Waals surface area contributed by atoms with E-state index in [9.17, 15) is 18.3 Å². The molecule has 166 valence electrons. The molecule has 8 nitrogen and oxygen atoms in total. The quantitative estimate of drug-likeness (QED) is 0.675. The van der Waals surface area contributed by atoms with Crippen molar-refractivity contribution in [2.45, 2.75) is 45.8 Å². The number of unbranched alkanes of at least 4 members (excludes halogenated alkanes) is 1. The Bertz CT molecular complexity index is 922. The van der Waals surface area contributed by atoms with E-state index < -0.39 is 22.2 Å². The van der Waals surface area contributed by atoms with Gasteiger partial charge in [0, 0.05) is 37.7 Å². The summed E-state index contributed by atoms with van der Waals surface area (Å²) >= 11 is 0. The molecule has 0 saturated carbocycles. The van der Waals surface area contributed by atoms with Crippen molar-refractivity contribution in [2.24, 2.45) is 5.92 Å². The second-order valence-corrected chi connectivity index (χ2v) is 9.88. The van der Waals surface area contributed by atoms with E-state index in [0.29, 0.717) is 12.1 Å². The molecule has 3 atom stereocenters. The van der Waals surface area contributed by atoms with Crippen LogP contribution in [-0.2, 0) is 10.0 Å². The van der Waals surface area contributed by atoms with Crippen LogP contribution < -0.4 is 4.74 Å². The molecule has 0 bridgehead atoms. The predicted molar refractivity (Wildman–Crippen MR) is 115 cm³/mol. The highest BCUT2D eigenvalue weighted by atomic mass is 32.2. The van der Waals surface area contributed by atoms with Crippen molar-refractivity contribution in [1.29, 1.82) is 0 Å². The minimum absolute atomic E-state index is 0.120. The fraction of sp³-hybridized carbons (Fsp3) is 0.619. The number of carbonyl (C=O) groups is 1. The predicted octanol–water partition coefficient (Wildman–Crippen LogP) is 1.34. The van der Waals surface area contributed by atoms with Gasteiger partial charge in [0.1, 0.15) is 11.7 Å². The summed E-state index contributed by atoms with van der Waals surface area (Å²) in [7, 11) is -1.90. The molecular formula is C21H31N3O5S. The maximum Gasteiger partial charge on any atom is 0.259 e. The smallest absolute Gasteiger partial charge is 0.259 e. The molecule has 1 amide bonds. The lowest BCUT2D eigenvalue weighted by molar-refractivity contribution is 0.0373. The van der Waals surface area contributed by atoms with Gasteiger partial charge in [0.15, 0.2) is 0 Å². The van der Waals surface area contributed by atoms with E-state index in [-0.39, 0.29) is 36.4 Å². The monoisotopic (exact) mass is 437 g/mol. The fourth-order valence-electron chi connectivity index (χ4n) is 3.07. The van der Waals surface area contributed by atoms with Gasteiger partial charge in [-0.25, -0.2) is 17.7 Å². The number of nitrogens with zero attached hydrogens (tertiary/aromatic N) is 3. The number of ether oxygens (including phenoxy) is 1. The van der Waals surface area contributed by atoms with Gasteiger partial charge in [-0.05, 0) is 19.4 Å². The Morgan fingerprint density at radius 2 is 2.17 bits per heavy atom. The van der Waals surface area contributed by atoms with Gasteiger partial charge in [-0.2, -0.15) is 0 Å². The van der Waals surface area contributed by atoms with Crippen LogP contribution in [0.1, 0.15) is 49.5 Å². The number of aromatic nitrogens is 1. The summed E-state index contributed by atoms with van der Waals surface area (Å²) in [5.41, 5.74) is 0.867. The van der Waals surface area contributed by atoms with Crippen molar-refractivity contribution in [1.82, 2.24) is 14.2 Å². The van der Waals surface area contributed by atoms with E-state index in [1.807, 2.05) is 13.8 Å². The van der Waals surface area contributed by atoms with Gasteiger partial charge in [0.25, 0.3) is 5.91 Å².